The van der Waals surface area contributed by atoms with Gasteiger partial charge in [0.1, 0.15) is 0 Å². The van der Waals surface area contributed by atoms with Gasteiger partial charge in [-0.3, -0.25) is 4.79 Å². The highest BCUT2D eigenvalue weighted by molar-refractivity contribution is 5.98. The summed E-state index contributed by atoms with van der Waals surface area (Å²) in [7, 11) is 1.88. The fraction of sp³-hybridized carbons (Fsp3) is 0.562. The molecule has 0 saturated carbocycles. The number of nitrogens with one attached hydrogen (secondary N) is 1. The molecule has 1 atom stereocenters. The molecule has 0 aromatic heterocycles. The first-order valence-corrected chi connectivity index (χ1v) is 7.40. The Balaban J connectivity index is 1.95. The zero-order valence-corrected chi connectivity index (χ0v) is 11.6. The normalized spacial score (nSPS) is 23.3. The Morgan fingerprint density at radius 2 is 2.05 bits per heavy atom. The molecule has 1 aromatic carbocycles. The minimum Gasteiger partial charge on any atom is -0.311 e. The molecule has 1 amide bonds. The smallest absolute Gasteiger partial charge is 0.244 e. The van der Waals surface area contributed by atoms with Gasteiger partial charge in [0.25, 0.3) is 0 Å². The lowest BCUT2D eigenvalue weighted by Crippen LogP contribution is -2.50. The van der Waals surface area contributed by atoms with Crippen molar-refractivity contribution >= 4 is 11.6 Å². The molecular formula is C16H22N2O. The maximum atomic E-state index is 12.5. The molecule has 1 N–H and O–H groups in total. The second-order valence-corrected chi connectivity index (χ2v) is 5.60. The summed E-state index contributed by atoms with van der Waals surface area (Å²) in [4.78, 5) is 14.5. The van der Waals surface area contributed by atoms with E-state index >= 15 is 0 Å². The van der Waals surface area contributed by atoms with Gasteiger partial charge < -0.3 is 10.2 Å². The van der Waals surface area contributed by atoms with Gasteiger partial charge in [-0.15, -0.1) is 0 Å². The molecule has 1 saturated heterocycles. The molecule has 1 unspecified atom stereocenters. The summed E-state index contributed by atoms with van der Waals surface area (Å²) in [5, 5.41) is 3.14. The van der Waals surface area contributed by atoms with E-state index < -0.39 is 0 Å². The highest BCUT2D eigenvalue weighted by Crippen LogP contribution is 2.32. The van der Waals surface area contributed by atoms with Crippen LogP contribution in [0, 0.1) is 0 Å². The SMILES string of the molecule is CNC1CCCN(c2cccc3c2CCCC3)C1=O. The Kier molecular flexibility index (Phi) is 3.56. The molecular weight excluding hydrogens is 236 g/mol. The van der Waals surface area contributed by atoms with Crippen LogP contribution in [0.1, 0.15) is 36.8 Å². The Labute approximate surface area is 115 Å². The van der Waals surface area contributed by atoms with Gasteiger partial charge in [-0.25, -0.2) is 0 Å². The van der Waals surface area contributed by atoms with Crippen molar-refractivity contribution in [3.63, 3.8) is 0 Å². The van der Waals surface area contributed by atoms with Gasteiger partial charge in [0.2, 0.25) is 5.91 Å². The highest BCUT2D eigenvalue weighted by atomic mass is 16.2. The third-order valence-corrected chi connectivity index (χ3v) is 4.45. The van der Waals surface area contributed by atoms with Gasteiger partial charge >= 0.3 is 0 Å². The number of carbonyl (C=O) groups excluding carboxylic acids is 1. The third-order valence-electron chi connectivity index (χ3n) is 4.45. The predicted octanol–water partition coefficient (Wildman–Crippen LogP) is 2.28. The molecule has 0 radical (unpaired) electrons. The Morgan fingerprint density at radius 1 is 1.21 bits per heavy atom. The molecule has 102 valence electrons. The lowest BCUT2D eigenvalue weighted by atomic mass is 9.89. The van der Waals surface area contributed by atoms with Crippen molar-refractivity contribution in [3.8, 4) is 0 Å². The summed E-state index contributed by atoms with van der Waals surface area (Å²) < 4.78 is 0. The third kappa shape index (κ3) is 2.27. The summed E-state index contributed by atoms with van der Waals surface area (Å²) >= 11 is 0. The zero-order chi connectivity index (χ0) is 13.2. The maximum Gasteiger partial charge on any atom is 0.244 e. The van der Waals surface area contributed by atoms with E-state index in [0.29, 0.717) is 0 Å². The molecule has 2 aliphatic rings. The summed E-state index contributed by atoms with van der Waals surface area (Å²) in [5.41, 5.74) is 4.03. The highest BCUT2D eigenvalue weighted by Gasteiger charge is 2.30. The van der Waals surface area contributed by atoms with Crippen LogP contribution in [0.5, 0.6) is 0 Å². The van der Waals surface area contributed by atoms with Crippen LogP contribution in [0.4, 0.5) is 5.69 Å². The number of anilines is 1. The van der Waals surface area contributed by atoms with Crippen LogP contribution >= 0.6 is 0 Å². The van der Waals surface area contributed by atoms with Crippen LogP contribution in [-0.4, -0.2) is 25.5 Å². The van der Waals surface area contributed by atoms with E-state index in [-0.39, 0.29) is 11.9 Å². The number of fused-ring (bicyclic) bond motifs is 1. The Bertz CT molecular complexity index is 484. The van der Waals surface area contributed by atoms with Crippen molar-refractivity contribution in [2.45, 2.75) is 44.6 Å². The van der Waals surface area contributed by atoms with Gasteiger partial charge in [-0.1, -0.05) is 12.1 Å². The zero-order valence-electron chi connectivity index (χ0n) is 11.6. The Morgan fingerprint density at radius 3 is 2.89 bits per heavy atom. The van der Waals surface area contributed by atoms with Crippen LogP contribution in [0.15, 0.2) is 18.2 Å². The largest absolute Gasteiger partial charge is 0.311 e. The quantitative estimate of drug-likeness (QED) is 0.882. The molecule has 3 heteroatoms. The maximum absolute atomic E-state index is 12.5. The monoisotopic (exact) mass is 258 g/mol. The van der Waals surface area contributed by atoms with Crippen molar-refractivity contribution in [1.29, 1.82) is 0 Å². The van der Waals surface area contributed by atoms with Crippen LogP contribution in [0.3, 0.4) is 0 Å². The first kappa shape index (κ1) is 12.7. The lowest BCUT2D eigenvalue weighted by molar-refractivity contribution is -0.121. The number of amides is 1. The van der Waals surface area contributed by atoms with Crippen LogP contribution in [0.2, 0.25) is 0 Å². The van der Waals surface area contributed by atoms with E-state index in [0.717, 1.165) is 25.8 Å². The first-order valence-electron chi connectivity index (χ1n) is 7.40. The summed E-state index contributed by atoms with van der Waals surface area (Å²) in [6, 6.07) is 6.45. The van der Waals surface area contributed by atoms with E-state index in [4.69, 9.17) is 0 Å². The van der Waals surface area contributed by atoms with Gasteiger partial charge in [0.05, 0.1) is 6.04 Å². The fourth-order valence-corrected chi connectivity index (χ4v) is 3.40. The minimum atomic E-state index is -0.00630. The van der Waals surface area contributed by atoms with Crippen molar-refractivity contribution < 1.29 is 4.79 Å². The summed E-state index contributed by atoms with van der Waals surface area (Å²) in [6.45, 7) is 0.869. The van der Waals surface area contributed by atoms with Crippen LogP contribution in [-0.2, 0) is 17.6 Å². The average Bonchev–Trinajstić information content (AvgIpc) is 2.47. The lowest BCUT2D eigenvalue weighted by Gasteiger charge is -2.34. The molecule has 0 bridgehead atoms. The van der Waals surface area contributed by atoms with Gasteiger partial charge in [-0.2, -0.15) is 0 Å². The molecule has 0 spiro atoms. The Hall–Kier alpha value is -1.35. The molecule has 1 aromatic rings. The molecule has 1 fully saturated rings. The number of nitrogens with zero attached hydrogens (tertiary/aromatic N) is 1. The van der Waals surface area contributed by atoms with Crippen molar-refractivity contribution in [2.24, 2.45) is 0 Å². The molecule has 3 rings (SSSR count). The number of likely N-dealkylation sites (N-methyl/N-ethyl adjacent to an activating group) is 1. The first-order chi connectivity index (χ1) is 9.31. The van der Waals surface area contributed by atoms with Crippen molar-refractivity contribution in [1.82, 2.24) is 5.32 Å². The minimum absolute atomic E-state index is 0.00630. The van der Waals surface area contributed by atoms with E-state index in [2.05, 4.69) is 23.5 Å². The molecule has 1 aliphatic heterocycles. The predicted molar refractivity (Wildman–Crippen MR) is 77.5 cm³/mol. The molecule has 1 heterocycles. The van der Waals surface area contributed by atoms with Crippen LogP contribution < -0.4 is 10.2 Å². The van der Waals surface area contributed by atoms with E-state index in [1.54, 1.807) is 0 Å². The topological polar surface area (TPSA) is 32.3 Å². The summed E-state index contributed by atoms with van der Waals surface area (Å²) in [6.07, 6.45) is 6.87. The molecule has 3 nitrogen and oxygen atoms in total. The average molecular weight is 258 g/mol. The van der Waals surface area contributed by atoms with E-state index in [1.165, 1.54) is 36.1 Å². The fourth-order valence-electron chi connectivity index (χ4n) is 3.40. The van der Waals surface area contributed by atoms with Crippen molar-refractivity contribution in [2.75, 3.05) is 18.5 Å². The van der Waals surface area contributed by atoms with Gasteiger partial charge in [0.15, 0.2) is 0 Å². The second kappa shape index (κ2) is 5.33. The van der Waals surface area contributed by atoms with Crippen LogP contribution in [0.25, 0.3) is 0 Å². The standard InChI is InChI=1S/C16H22N2O/c1-17-14-9-5-11-18(16(14)19)15-10-4-7-12-6-2-3-8-13(12)15/h4,7,10,14,17H,2-3,5-6,8-9,11H2,1H3. The molecule has 1 aliphatic carbocycles. The van der Waals surface area contributed by atoms with Crippen molar-refractivity contribution in [3.05, 3.63) is 29.3 Å². The number of hydrogen-bond acceptors (Lipinski definition) is 2. The number of piperidine rings is 1. The number of carbonyl (C=O) groups is 1. The second-order valence-electron chi connectivity index (χ2n) is 5.60. The van der Waals surface area contributed by atoms with Gasteiger partial charge in [-0.05, 0) is 62.8 Å². The van der Waals surface area contributed by atoms with E-state index in [9.17, 15) is 4.79 Å². The van der Waals surface area contributed by atoms with Gasteiger partial charge in [0, 0.05) is 12.2 Å². The number of aryl methyl sites for hydroxylation is 1. The van der Waals surface area contributed by atoms with E-state index in [1.807, 2.05) is 11.9 Å². The summed E-state index contributed by atoms with van der Waals surface area (Å²) in [5.74, 6) is 0.243. The number of rotatable bonds is 2. The molecule has 19 heavy (non-hydrogen) atoms. The number of benzene rings is 1. The number of hydrogen-bond donors (Lipinski definition) is 1.